The number of esters is 2. The van der Waals surface area contributed by atoms with E-state index in [1.54, 1.807) is 0 Å². The number of benzene rings is 1. The van der Waals surface area contributed by atoms with Gasteiger partial charge >= 0.3 is 11.9 Å². The summed E-state index contributed by atoms with van der Waals surface area (Å²) < 4.78 is 9.99. The predicted molar refractivity (Wildman–Crippen MR) is 62.2 cm³/mol. The molecule has 0 unspecified atom stereocenters. The van der Waals surface area contributed by atoms with Crippen LogP contribution in [0.1, 0.15) is 32.3 Å². The van der Waals surface area contributed by atoms with Crippen LogP contribution >= 0.6 is 0 Å². The van der Waals surface area contributed by atoms with Crippen molar-refractivity contribution < 1.29 is 19.1 Å². The summed E-state index contributed by atoms with van der Waals surface area (Å²) in [6, 6.07) is 9.44. The van der Waals surface area contributed by atoms with Gasteiger partial charge in [0, 0.05) is 13.8 Å². The number of carbonyl (C=O) groups is 2. The van der Waals surface area contributed by atoms with Gasteiger partial charge in [-0.15, -0.1) is 0 Å². The Morgan fingerprint density at radius 2 is 1.47 bits per heavy atom. The summed E-state index contributed by atoms with van der Waals surface area (Å²) in [6.07, 6.45) is -0.882. The molecule has 0 aromatic heterocycles. The first-order chi connectivity index (χ1) is 8.00. The molecule has 0 fully saturated rings. The van der Waals surface area contributed by atoms with Gasteiger partial charge in [-0.1, -0.05) is 37.3 Å². The van der Waals surface area contributed by atoms with E-state index in [-0.39, 0.29) is 5.92 Å². The fraction of sp³-hybridized carbons (Fsp3) is 0.385. The molecule has 0 heterocycles. The average molecular weight is 236 g/mol. The van der Waals surface area contributed by atoms with Gasteiger partial charge in [0.25, 0.3) is 6.29 Å². The first-order valence-electron chi connectivity index (χ1n) is 5.40. The molecule has 0 amide bonds. The number of hydrogen-bond acceptors (Lipinski definition) is 4. The zero-order chi connectivity index (χ0) is 12.8. The number of ether oxygens (including phenoxy) is 2. The van der Waals surface area contributed by atoms with E-state index in [9.17, 15) is 9.59 Å². The van der Waals surface area contributed by atoms with Gasteiger partial charge in [0.1, 0.15) is 0 Å². The van der Waals surface area contributed by atoms with Crippen molar-refractivity contribution in [2.24, 2.45) is 0 Å². The second-order valence-electron chi connectivity index (χ2n) is 3.79. The first-order valence-corrected chi connectivity index (χ1v) is 5.40. The molecular weight excluding hydrogens is 220 g/mol. The molecule has 0 N–H and O–H groups in total. The molecule has 1 aromatic carbocycles. The molecule has 17 heavy (non-hydrogen) atoms. The van der Waals surface area contributed by atoms with E-state index in [1.165, 1.54) is 13.8 Å². The molecule has 4 nitrogen and oxygen atoms in total. The van der Waals surface area contributed by atoms with Crippen LogP contribution in [-0.2, 0) is 19.1 Å². The van der Waals surface area contributed by atoms with Gasteiger partial charge in [-0.3, -0.25) is 9.59 Å². The van der Waals surface area contributed by atoms with Crippen LogP contribution in [0.25, 0.3) is 0 Å². The fourth-order valence-electron chi connectivity index (χ4n) is 1.47. The molecular formula is C13H16O4. The molecule has 4 heteroatoms. The van der Waals surface area contributed by atoms with Crippen molar-refractivity contribution in [1.29, 1.82) is 0 Å². The lowest BCUT2D eigenvalue weighted by molar-refractivity contribution is -0.188. The number of rotatable bonds is 4. The van der Waals surface area contributed by atoms with Crippen molar-refractivity contribution in [2.45, 2.75) is 33.0 Å². The molecule has 1 aromatic rings. The Morgan fingerprint density at radius 1 is 1.00 bits per heavy atom. The van der Waals surface area contributed by atoms with Gasteiger partial charge in [-0.2, -0.15) is 0 Å². The van der Waals surface area contributed by atoms with E-state index in [0.717, 1.165) is 5.56 Å². The summed E-state index contributed by atoms with van der Waals surface area (Å²) in [5, 5.41) is 0. The third-order valence-electron chi connectivity index (χ3n) is 2.30. The molecule has 0 saturated carbocycles. The van der Waals surface area contributed by atoms with E-state index >= 15 is 0 Å². The monoisotopic (exact) mass is 236 g/mol. The van der Waals surface area contributed by atoms with Crippen molar-refractivity contribution >= 4 is 11.9 Å². The van der Waals surface area contributed by atoms with Crippen LogP contribution in [0.5, 0.6) is 0 Å². The van der Waals surface area contributed by atoms with Crippen LogP contribution in [0.15, 0.2) is 30.3 Å². The highest BCUT2D eigenvalue weighted by molar-refractivity contribution is 5.68. The minimum atomic E-state index is -0.882. The lowest BCUT2D eigenvalue weighted by atomic mass is 10.0. The maximum absolute atomic E-state index is 11.0. The summed E-state index contributed by atoms with van der Waals surface area (Å²) >= 11 is 0. The minimum Gasteiger partial charge on any atom is -0.425 e. The van der Waals surface area contributed by atoms with Crippen LogP contribution in [0.4, 0.5) is 0 Å². The van der Waals surface area contributed by atoms with Crippen molar-refractivity contribution in [3.05, 3.63) is 35.9 Å². The molecule has 0 aliphatic rings. The fourth-order valence-corrected chi connectivity index (χ4v) is 1.47. The summed E-state index contributed by atoms with van der Waals surface area (Å²) in [5.41, 5.74) is 0.944. The Kier molecular flexibility index (Phi) is 4.69. The Bertz CT molecular complexity index is 370. The van der Waals surface area contributed by atoms with E-state index in [1.807, 2.05) is 37.3 Å². The second-order valence-corrected chi connectivity index (χ2v) is 3.79. The van der Waals surface area contributed by atoms with Crippen molar-refractivity contribution in [3.63, 3.8) is 0 Å². The van der Waals surface area contributed by atoms with Gasteiger partial charge < -0.3 is 9.47 Å². The topological polar surface area (TPSA) is 52.6 Å². The van der Waals surface area contributed by atoms with E-state index < -0.39 is 18.2 Å². The molecule has 92 valence electrons. The van der Waals surface area contributed by atoms with E-state index in [4.69, 9.17) is 9.47 Å². The quantitative estimate of drug-likeness (QED) is 0.594. The molecule has 0 aliphatic heterocycles. The molecule has 1 atom stereocenters. The molecule has 0 bridgehead atoms. The normalized spacial score (nSPS) is 12.0. The second kappa shape index (κ2) is 6.03. The highest BCUT2D eigenvalue weighted by Gasteiger charge is 2.24. The van der Waals surface area contributed by atoms with Crippen molar-refractivity contribution in [1.82, 2.24) is 0 Å². The van der Waals surface area contributed by atoms with Crippen LogP contribution in [-0.4, -0.2) is 18.2 Å². The highest BCUT2D eigenvalue weighted by Crippen LogP contribution is 2.22. The Labute approximate surface area is 101 Å². The van der Waals surface area contributed by atoms with Crippen molar-refractivity contribution in [3.8, 4) is 0 Å². The molecule has 0 radical (unpaired) electrons. The minimum absolute atomic E-state index is 0.205. The van der Waals surface area contributed by atoms with E-state index in [2.05, 4.69) is 0 Å². The maximum Gasteiger partial charge on any atom is 0.305 e. The molecule has 0 aliphatic carbocycles. The van der Waals surface area contributed by atoms with Crippen molar-refractivity contribution in [2.75, 3.05) is 0 Å². The lowest BCUT2D eigenvalue weighted by Gasteiger charge is -2.23. The number of hydrogen-bond donors (Lipinski definition) is 0. The molecule has 0 saturated heterocycles. The Balaban J connectivity index is 2.82. The third-order valence-corrected chi connectivity index (χ3v) is 2.30. The van der Waals surface area contributed by atoms with Gasteiger partial charge in [0.05, 0.1) is 5.92 Å². The standard InChI is InChI=1S/C13H16O4/c1-9(12-7-5-4-6-8-12)13(16-10(2)14)17-11(3)15/h4-9,13H,1-3H3/t9-/m1/s1. The molecule has 1 rings (SSSR count). The zero-order valence-corrected chi connectivity index (χ0v) is 10.2. The van der Waals surface area contributed by atoms with Gasteiger partial charge in [-0.05, 0) is 5.56 Å². The highest BCUT2D eigenvalue weighted by atomic mass is 16.7. The van der Waals surface area contributed by atoms with Crippen LogP contribution < -0.4 is 0 Å². The lowest BCUT2D eigenvalue weighted by Crippen LogP contribution is -2.27. The van der Waals surface area contributed by atoms with Crippen LogP contribution in [0.3, 0.4) is 0 Å². The summed E-state index contributed by atoms with van der Waals surface area (Å²) in [4.78, 5) is 21.9. The maximum atomic E-state index is 11.0. The molecule has 0 spiro atoms. The smallest absolute Gasteiger partial charge is 0.305 e. The van der Waals surface area contributed by atoms with Gasteiger partial charge in [0.15, 0.2) is 0 Å². The largest absolute Gasteiger partial charge is 0.425 e. The summed E-state index contributed by atoms with van der Waals surface area (Å²) in [7, 11) is 0. The predicted octanol–water partition coefficient (Wildman–Crippen LogP) is 2.24. The number of carbonyl (C=O) groups excluding carboxylic acids is 2. The van der Waals surface area contributed by atoms with Gasteiger partial charge in [0.2, 0.25) is 0 Å². The van der Waals surface area contributed by atoms with Crippen LogP contribution in [0.2, 0.25) is 0 Å². The SMILES string of the molecule is CC(=O)OC(OC(C)=O)[C@H](C)c1ccccc1. The summed E-state index contributed by atoms with van der Waals surface area (Å²) in [5.74, 6) is -1.15. The first kappa shape index (κ1) is 13.2. The van der Waals surface area contributed by atoms with E-state index in [0.29, 0.717) is 0 Å². The Hall–Kier alpha value is -1.84. The summed E-state index contributed by atoms with van der Waals surface area (Å²) in [6.45, 7) is 4.41. The van der Waals surface area contributed by atoms with Gasteiger partial charge in [-0.25, -0.2) is 0 Å². The van der Waals surface area contributed by atoms with Crippen LogP contribution in [0, 0.1) is 0 Å². The zero-order valence-electron chi connectivity index (χ0n) is 10.2. The third kappa shape index (κ3) is 4.26. The Morgan fingerprint density at radius 3 is 1.88 bits per heavy atom. The average Bonchev–Trinajstić information content (AvgIpc) is 2.27.